The molecule has 0 fully saturated rings. The first kappa shape index (κ1) is 47.8. The van der Waals surface area contributed by atoms with Crippen molar-refractivity contribution in [2.45, 2.75) is 134 Å². The molecule has 0 radical (unpaired) electrons. The number of hydrogen-bond donors (Lipinski definition) is 2. The molecule has 11 aromatic rings. The molecule has 396 valence electrons. The van der Waals surface area contributed by atoms with Crippen molar-refractivity contribution < 1.29 is 27.9 Å². The van der Waals surface area contributed by atoms with Gasteiger partial charge < -0.3 is 27.9 Å². The molecule has 5 aliphatic rings. The first-order chi connectivity index (χ1) is 37.1. The molecular weight excluding hydrogens is 993 g/mol. The Morgan fingerprint density at radius 1 is 0.418 bits per heavy atom. The molecule has 0 saturated heterocycles. The lowest BCUT2D eigenvalue weighted by Crippen LogP contribution is -2.48. The number of benzene rings is 7. The average molecular weight is 1050 g/mol. The van der Waals surface area contributed by atoms with Crippen LogP contribution in [0.25, 0.3) is 71.9 Å². The number of rotatable bonds is 1. The van der Waals surface area contributed by atoms with Crippen molar-refractivity contribution >= 4 is 66.2 Å². The highest BCUT2D eigenvalue weighted by atomic mass is 16.4. The van der Waals surface area contributed by atoms with Crippen LogP contribution in [0, 0.1) is 0 Å². The number of fused-ring (bicyclic) bond motifs is 10. The third-order valence-electron chi connectivity index (χ3n) is 19.1. The molecule has 3 unspecified atom stereocenters. The van der Waals surface area contributed by atoms with Crippen LogP contribution >= 0.6 is 0 Å². The summed E-state index contributed by atoms with van der Waals surface area (Å²) < 4.78 is 29.0. The highest BCUT2D eigenvalue weighted by Crippen LogP contribution is 2.65. The molecule has 0 aliphatic heterocycles. The monoisotopic (exact) mass is 1050 g/mol. The van der Waals surface area contributed by atoms with Crippen molar-refractivity contribution in [3.63, 3.8) is 0 Å². The van der Waals surface area contributed by atoms with E-state index in [4.69, 9.17) is 17.7 Å². The van der Waals surface area contributed by atoms with E-state index in [1.807, 2.05) is 45.0 Å². The lowest BCUT2D eigenvalue weighted by atomic mass is 9.48. The van der Waals surface area contributed by atoms with Gasteiger partial charge in [-0.25, -0.2) is 4.57 Å². The summed E-state index contributed by atoms with van der Waals surface area (Å²) in [7, 11) is 0. The number of nitrogens with zero attached hydrogens (tertiary/aromatic N) is 2. The second-order valence-electron chi connectivity index (χ2n) is 26.9. The molecule has 0 saturated carbocycles. The van der Waals surface area contributed by atoms with Gasteiger partial charge in [-0.1, -0.05) is 78.8 Å². The second-order valence-corrected chi connectivity index (χ2v) is 26.9. The van der Waals surface area contributed by atoms with Gasteiger partial charge in [0.25, 0.3) is 22.2 Å². The first-order valence-corrected chi connectivity index (χ1v) is 27.2. The van der Waals surface area contributed by atoms with Gasteiger partial charge in [0.1, 0.15) is 11.5 Å². The van der Waals surface area contributed by atoms with Crippen molar-refractivity contribution in [3.05, 3.63) is 200 Å². The van der Waals surface area contributed by atoms with E-state index in [-0.39, 0.29) is 77.3 Å². The van der Waals surface area contributed by atoms with Crippen molar-refractivity contribution in [3.8, 4) is 17.2 Å². The van der Waals surface area contributed by atoms with Gasteiger partial charge in [-0.05, 0) is 192 Å². The van der Waals surface area contributed by atoms with Crippen LogP contribution in [0.15, 0.2) is 134 Å². The summed E-state index contributed by atoms with van der Waals surface area (Å²) >= 11 is 0. The van der Waals surface area contributed by atoms with Crippen LogP contribution in [0.2, 0.25) is 0 Å². The van der Waals surface area contributed by atoms with Crippen molar-refractivity contribution in [1.29, 1.82) is 0 Å². The molecule has 7 aromatic carbocycles. The SMILES string of the molecule is CC(C)(C)c1cc2c(cc1O)C1(C)c3ccccc3C2(C)c2cc(O)c(-n3c(=O)c4cc5oc6cc7c(cc6oc5cc4c3=O)C3(CC7(C)C)CC(C)(C)c4cc5oc6cc7c(=O)n(C(C)(C)C)c(=O)c7cc6oc5cc43)cc21. The third-order valence-corrected chi connectivity index (χ3v) is 19.1. The molecule has 79 heavy (non-hydrogen) atoms. The van der Waals surface area contributed by atoms with Gasteiger partial charge in [0.15, 0.2) is 44.7 Å². The van der Waals surface area contributed by atoms with Crippen LogP contribution in [0.3, 0.4) is 0 Å². The zero-order chi connectivity index (χ0) is 55.5. The van der Waals surface area contributed by atoms with Gasteiger partial charge in [0, 0.05) is 21.8 Å². The predicted octanol–water partition coefficient (Wildman–Crippen LogP) is 13.5. The Morgan fingerprint density at radius 3 is 1.18 bits per heavy atom. The van der Waals surface area contributed by atoms with E-state index in [1.165, 1.54) is 4.57 Å². The average Bonchev–Trinajstić information content (AvgIpc) is 3.26. The van der Waals surface area contributed by atoms with Crippen LogP contribution in [-0.2, 0) is 38.0 Å². The highest BCUT2D eigenvalue weighted by Gasteiger charge is 2.58. The van der Waals surface area contributed by atoms with Crippen LogP contribution < -0.4 is 22.2 Å². The summed E-state index contributed by atoms with van der Waals surface area (Å²) in [6.45, 7) is 25.0. The van der Waals surface area contributed by atoms with E-state index in [9.17, 15) is 29.4 Å². The summed E-state index contributed by atoms with van der Waals surface area (Å²) in [6.07, 6.45) is 1.54. The van der Waals surface area contributed by atoms with Gasteiger partial charge in [-0.15, -0.1) is 0 Å². The first-order valence-electron chi connectivity index (χ1n) is 27.2. The van der Waals surface area contributed by atoms with E-state index in [0.29, 0.717) is 33.5 Å². The summed E-state index contributed by atoms with van der Waals surface area (Å²) in [5.74, 6) is -0.00590. The fourth-order valence-corrected chi connectivity index (χ4v) is 15.6. The maximum Gasteiger partial charge on any atom is 0.266 e. The number of aromatic nitrogens is 2. The zero-order valence-corrected chi connectivity index (χ0v) is 46.2. The van der Waals surface area contributed by atoms with E-state index in [1.54, 1.807) is 36.4 Å². The van der Waals surface area contributed by atoms with E-state index >= 15 is 0 Å². The Hall–Kier alpha value is -8.38. The molecule has 4 aromatic heterocycles. The lowest BCUT2D eigenvalue weighted by molar-refractivity contribution is 0.349. The number of phenolic OH excluding ortho intramolecular Hbond substituents is 2. The molecule has 5 aliphatic carbocycles. The molecule has 0 amide bonds. The molecule has 12 nitrogen and oxygen atoms in total. The summed E-state index contributed by atoms with van der Waals surface area (Å²) in [5, 5.41) is 24.6. The number of phenols is 2. The van der Waals surface area contributed by atoms with Crippen molar-refractivity contribution in [1.82, 2.24) is 9.13 Å². The van der Waals surface area contributed by atoms with Crippen LogP contribution in [-0.4, -0.2) is 19.3 Å². The smallest absolute Gasteiger partial charge is 0.266 e. The Bertz CT molecular complexity index is 4970. The highest BCUT2D eigenvalue weighted by molar-refractivity contribution is 5.97. The Balaban J connectivity index is 0.872. The minimum Gasteiger partial charge on any atom is -0.508 e. The topological polar surface area (TPSA) is 171 Å². The zero-order valence-electron chi connectivity index (χ0n) is 46.2. The summed E-state index contributed by atoms with van der Waals surface area (Å²) in [6, 6.07) is 30.4. The fourth-order valence-electron chi connectivity index (χ4n) is 15.6. The van der Waals surface area contributed by atoms with Gasteiger partial charge in [0.2, 0.25) is 0 Å². The largest absolute Gasteiger partial charge is 0.508 e. The fraction of sp³-hybridized carbons (Fsp3) is 0.313. The lowest BCUT2D eigenvalue weighted by Gasteiger charge is -2.54. The van der Waals surface area contributed by atoms with Crippen LogP contribution in [0.5, 0.6) is 11.5 Å². The quantitative estimate of drug-likeness (QED) is 0.151. The third kappa shape index (κ3) is 5.78. The standard InChI is InChI=1S/C67H58N2O10/c1-61(2,3)45-21-39-41(23-47(45)70)66(12)36-16-14-13-15-35(36)65(39,11)42-24-48(71)46(22-40(42)66)68-57(72)31-17-49-50(18-32(31)58(68)73)78-55-27-43-37(25-53(55)76-49)63(7,8)29-67(43)30-64(9,10)38-26-54-56(28-44(38)67)79-52-20-34-33(19-51(52)77-54)59(74)69(60(34)75)62(4,5)6/h13-28,70-71H,29-30H2,1-12H3. The molecule has 12 heteroatoms. The van der Waals surface area contributed by atoms with Gasteiger partial charge in [-0.2, -0.15) is 0 Å². The van der Waals surface area contributed by atoms with Crippen LogP contribution in [0.4, 0.5) is 0 Å². The number of aromatic hydroxyl groups is 2. The van der Waals surface area contributed by atoms with Gasteiger partial charge >= 0.3 is 0 Å². The molecule has 4 heterocycles. The molecule has 16 rings (SSSR count). The maximum absolute atomic E-state index is 14.8. The predicted molar refractivity (Wildman–Crippen MR) is 306 cm³/mol. The van der Waals surface area contributed by atoms with E-state index < -0.39 is 32.9 Å². The normalized spacial score (nSPS) is 21.5. The Labute approximate surface area is 452 Å². The Morgan fingerprint density at radius 2 is 0.772 bits per heavy atom. The molecule has 2 N–H and O–H groups in total. The van der Waals surface area contributed by atoms with Gasteiger partial charge in [-0.3, -0.25) is 23.7 Å². The van der Waals surface area contributed by atoms with Crippen molar-refractivity contribution in [2.75, 3.05) is 0 Å². The maximum atomic E-state index is 14.8. The second kappa shape index (κ2) is 14.3. The van der Waals surface area contributed by atoms with E-state index in [2.05, 4.69) is 98.7 Å². The minimum atomic E-state index is -0.820. The van der Waals surface area contributed by atoms with Crippen LogP contribution in [0.1, 0.15) is 157 Å². The molecule has 3 atom stereocenters. The summed E-state index contributed by atoms with van der Waals surface area (Å²) in [4.78, 5) is 56.7. The van der Waals surface area contributed by atoms with Gasteiger partial charge in [0.05, 0.1) is 27.2 Å². The Kier molecular flexibility index (Phi) is 8.63. The van der Waals surface area contributed by atoms with Crippen molar-refractivity contribution in [2.24, 2.45) is 0 Å². The molecular formula is C67H58N2O10. The number of hydrogen-bond acceptors (Lipinski definition) is 10. The minimum absolute atomic E-state index is 0.0636. The molecule has 2 bridgehead atoms. The molecule has 1 spiro atoms. The summed E-state index contributed by atoms with van der Waals surface area (Å²) in [5.41, 5.74) is 8.68. The van der Waals surface area contributed by atoms with E-state index in [0.717, 1.165) is 78.6 Å².